The van der Waals surface area contributed by atoms with Crippen molar-refractivity contribution in [3.63, 3.8) is 0 Å². The smallest absolute Gasteiger partial charge is 0.422 e. The van der Waals surface area contributed by atoms with Crippen molar-refractivity contribution in [1.29, 1.82) is 0 Å². The molecule has 0 saturated carbocycles. The van der Waals surface area contributed by atoms with Crippen LogP contribution >= 0.6 is 11.6 Å². The van der Waals surface area contributed by atoms with Gasteiger partial charge in [-0.15, -0.1) is 10.2 Å². The average molecular weight is 344 g/mol. The zero-order valence-corrected chi connectivity index (χ0v) is 12.2. The summed E-state index contributed by atoms with van der Waals surface area (Å²) in [7, 11) is 0. The summed E-state index contributed by atoms with van der Waals surface area (Å²) >= 11 is 5.96. The molecule has 0 saturated heterocycles. The fourth-order valence-electron chi connectivity index (χ4n) is 1.87. The van der Waals surface area contributed by atoms with E-state index in [4.69, 9.17) is 11.6 Å². The van der Waals surface area contributed by atoms with Crippen LogP contribution in [0.3, 0.4) is 0 Å². The predicted molar refractivity (Wildman–Crippen MR) is 75.2 cm³/mol. The molecule has 0 spiro atoms. The number of alkyl halides is 3. The van der Waals surface area contributed by atoms with Crippen LogP contribution in [0, 0.1) is 0 Å². The average Bonchev–Trinajstić information content (AvgIpc) is 2.90. The molecule has 6 nitrogen and oxygen atoms in total. The summed E-state index contributed by atoms with van der Waals surface area (Å²) in [5.41, 5.74) is 1.20. The van der Waals surface area contributed by atoms with E-state index in [0.717, 1.165) is 0 Å². The summed E-state index contributed by atoms with van der Waals surface area (Å²) in [6, 6.07) is 4.56. The largest absolute Gasteiger partial charge is 0.467 e. The fraction of sp³-hybridized carbons (Fsp3) is 0.231. The molecule has 0 atom stereocenters. The molecule has 3 heterocycles. The Labute approximate surface area is 132 Å². The van der Waals surface area contributed by atoms with E-state index < -0.39 is 12.8 Å². The van der Waals surface area contributed by atoms with Crippen LogP contribution < -0.4 is 4.74 Å². The molecule has 0 N–H and O–H groups in total. The SMILES string of the molecule is FC(F)(F)COc1ccc(Cn2cc3c(Cl)nccc3n2)nn1. The molecule has 0 aliphatic carbocycles. The Balaban J connectivity index is 1.71. The van der Waals surface area contributed by atoms with Gasteiger partial charge in [0, 0.05) is 18.5 Å². The van der Waals surface area contributed by atoms with Crippen molar-refractivity contribution in [3.8, 4) is 5.88 Å². The number of aromatic nitrogens is 5. The Morgan fingerprint density at radius 1 is 1.17 bits per heavy atom. The molecule has 0 radical (unpaired) electrons. The highest BCUT2D eigenvalue weighted by Gasteiger charge is 2.28. The second kappa shape index (κ2) is 5.99. The van der Waals surface area contributed by atoms with Gasteiger partial charge in [0.15, 0.2) is 6.61 Å². The van der Waals surface area contributed by atoms with Crippen molar-refractivity contribution in [3.05, 3.63) is 41.4 Å². The van der Waals surface area contributed by atoms with Crippen molar-refractivity contribution in [2.45, 2.75) is 12.7 Å². The summed E-state index contributed by atoms with van der Waals surface area (Å²) in [5.74, 6) is -0.191. The van der Waals surface area contributed by atoms with Gasteiger partial charge in [-0.25, -0.2) is 4.98 Å². The highest BCUT2D eigenvalue weighted by molar-refractivity contribution is 6.34. The Hall–Kier alpha value is -2.42. The van der Waals surface area contributed by atoms with Gasteiger partial charge >= 0.3 is 6.18 Å². The summed E-state index contributed by atoms with van der Waals surface area (Å²) in [6.07, 6.45) is -1.15. The van der Waals surface area contributed by atoms with E-state index in [-0.39, 0.29) is 12.4 Å². The Bertz CT molecular complexity index is 819. The third-order valence-electron chi connectivity index (χ3n) is 2.84. The zero-order valence-electron chi connectivity index (χ0n) is 11.5. The van der Waals surface area contributed by atoms with Crippen LogP contribution in [0.25, 0.3) is 10.9 Å². The highest BCUT2D eigenvalue weighted by atomic mass is 35.5. The number of hydrogen-bond donors (Lipinski definition) is 0. The first-order chi connectivity index (χ1) is 10.9. The normalized spacial score (nSPS) is 11.8. The first-order valence-electron chi connectivity index (χ1n) is 6.40. The van der Waals surface area contributed by atoms with Gasteiger partial charge in [0.2, 0.25) is 5.88 Å². The lowest BCUT2D eigenvalue weighted by atomic mass is 10.3. The standard InChI is InChI=1S/C13H9ClF3N5O/c14-12-9-6-22(21-10(9)3-4-18-12)5-8-1-2-11(20-19-8)23-7-13(15,16)17/h1-4,6H,5,7H2. The van der Waals surface area contributed by atoms with Crippen LogP contribution in [0.1, 0.15) is 5.69 Å². The minimum atomic E-state index is -4.41. The lowest BCUT2D eigenvalue weighted by Gasteiger charge is -2.07. The van der Waals surface area contributed by atoms with Gasteiger partial charge < -0.3 is 4.74 Å². The molecule has 0 aliphatic heterocycles. The van der Waals surface area contributed by atoms with Gasteiger partial charge in [0.1, 0.15) is 5.15 Å². The lowest BCUT2D eigenvalue weighted by molar-refractivity contribution is -0.154. The van der Waals surface area contributed by atoms with E-state index in [9.17, 15) is 13.2 Å². The molecule has 3 aromatic heterocycles. The van der Waals surface area contributed by atoms with Crippen molar-refractivity contribution >= 4 is 22.5 Å². The van der Waals surface area contributed by atoms with E-state index in [1.54, 1.807) is 23.1 Å². The molecule has 0 aliphatic rings. The summed E-state index contributed by atoms with van der Waals surface area (Å²) in [6.45, 7) is -1.12. The molecule has 0 unspecified atom stereocenters. The summed E-state index contributed by atoms with van der Waals surface area (Å²) in [5, 5.41) is 12.8. The molecular weight excluding hydrogens is 335 g/mol. The van der Waals surface area contributed by atoms with Gasteiger partial charge in [-0.05, 0) is 12.1 Å². The zero-order chi connectivity index (χ0) is 16.4. The van der Waals surface area contributed by atoms with Crippen molar-refractivity contribution in [2.24, 2.45) is 0 Å². The van der Waals surface area contributed by atoms with Crippen molar-refractivity contribution in [2.75, 3.05) is 6.61 Å². The number of pyridine rings is 1. The Kier molecular flexibility index (Phi) is 4.03. The fourth-order valence-corrected chi connectivity index (χ4v) is 2.07. The molecule has 120 valence electrons. The van der Waals surface area contributed by atoms with Crippen molar-refractivity contribution in [1.82, 2.24) is 25.0 Å². The Morgan fingerprint density at radius 2 is 2.00 bits per heavy atom. The number of hydrogen-bond acceptors (Lipinski definition) is 5. The van der Waals surface area contributed by atoms with Gasteiger partial charge in [-0.3, -0.25) is 4.68 Å². The van der Waals surface area contributed by atoms with Crippen LogP contribution in [0.4, 0.5) is 13.2 Å². The topological polar surface area (TPSA) is 65.7 Å². The molecular formula is C13H9ClF3N5O. The molecule has 0 fully saturated rings. The number of rotatable bonds is 4. The van der Waals surface area contributed by atoms with E-state index in [0.29, 0.717) is 21.7 Å². The summed E-state index contributed by atoms with van der Waals surface area (Å²) in [4.78, 5) is 3.96. The monoisotopic (exact) mass is 343 g/mol. The van der Waals surface area contributed by atoms with Crippen LogP contribution in [0.5, 0.6) is 5.88 Å². The molecule has 0 bridgehead atoms. The number of halogens is 4. The number of ether oxygens (including phenoxy) is 1. The third-order valence-corrected chi connectivity index (χ3v) is 3.14. The first kappa shape index (κ1) is 15.5. The lowest BCUT2D eigenvalue weighted by Crippen LogP contribution is -2.19. The van der Waals surface area contributed by atoms with Crippen LogP contribution in [-0.4, -0.2) is 37.7 Å². The maximum Gasteiger partial charge on any atom is 0.422 e. The second-order valence-electron chi connectivity index (χ2n) is 4.63. The maximum atomic E-state index is 12.0. The Morgan fingerprint density at radius 3 is 2.65 bits per heavy atom. The van der Waals surface area contributed by atoms with Gasteiger partial charge in [0.05, 0.1) is 23.1 Å². The molecule has 0 amide bonds. The third kappa shape index (κ3) is 3.86. The number of nitrogens with zero attached hydrogens (tertiary/aromatic N) is 5. The molecule has 23 heavy (non-hydrogen) atoms. The molecule has 3 aromatic rings. The quantitative estimate of drug-likeness (QED) is 0.681. The predicted octanol–water partition coefficient (Wildman–Crippen LogP) is 2.86. The second-order valence-corrected chi connectivity index (χ2v) is 4.99. The van der Waals surface area contributed by atoms with Gasteiger partial charge in [0.25, 0.3) is 0 Å². The van der Waals surface area contributed by atoms with E-state index >= 15 is 0 Å². The number of fused-ring (bicyclic) bond motifs is 1. The maximum absolute atomic E-state index is 12.0. The van der Waals surface area contributed by atoms with E-state index in [1.165, 1.54) is 12.1 Å². The van der Waals surface area contributed by atoms with E-state index in [2.05, 4.69) is 25.0 Å². The molecule has 0 aromatic carbocycles. The van der Waals surface area contributed by atoms with Crippen LogP contribution in [-0.2, 0) is 6.54 Å². The molecule has 10 heteroatoms. The van der Waals surface area contributed by atoms with Gasteiger partial charge in [-0.2, -0.15) is 18.3 Å². The minimum Gasteiger partial charge on any atom is -0.467 e. The van der Waals surface area contributed by atoms with Crippen molar-refractivity contribution < 1.29 is 17.9 Å². The summed E-state index contributed by atoms with van der Waals surface area (Å²) < 4.78 is 42.2. The molecule has 3 rings (SSSR count). The van der Waals surface area contributed by atoms with Crippen LogP contribution in [0.2, 0.25) is 5.15 Å². The van der Waals surface area contributed by atoms with E-state index in [1.807, 2.05) is 0 Å². The first-order valence-corrected chi connectivity index (χ1v) is 6.78. The highest BCUT2D eigenvalue weighted by Crippen LogP contribution is 2.20. The minimum absolute atomic E-state index is 0.191. The van der Waals surface area contributed by atoms with Crippen LogP contribution in [0.15, 0.2) is 30.6 Å². The van der Waals surface area contributed by atoms with Gasteiger partial charge in [-0.1, -0.05) is 11.6 Å².